The van der Waals surface area contributed by atoms with Gasteiger partial charge < -0.3 is 15.7 Å². The number of hydrogen-bond acceptors (Lipinski definition) is 5. The predicted octanol–water partition coefficient (Wildman–Crippen LogP) is 0.656. The maximum atomic E-state index is 9.72. The van der Waals surface area contributed by atoms with Gasteiger partial charge in [-0.2, -0.15) is 0 Å². The average molecular weight is 210 g/mol. The number of likely N-dealkylation sites (N-methyl/N-ethyl adjacent to an activating group) is 1. The Morgan fingerprint density at radius 1 is 1.40 bits per heavy atom. The van der Waals surface area contributed by atoms with Crippen LogP contribution in [0.5, 0.6) is 0 Å². The van der Waals surface area contributed by atoms with Crippen molar-refractivity contribution in [3.05, 3.63) is 12.1 Å². The van der Waals surface area contributed by atoms with Gasteiger partial charge in [-0.25, -0.2) is 0 Å². The highest BCUT2D eigenvalue weighted by atomic mass is 16.3. The molecule has 0 aliphatic carbocycles. The molecule has 0 amide bonds. The normalized spacial score (nSPS) is 11.5. The van der Waals surface area contributed by atoms with Gasteiger partial charge in [0.25, 0.3) is 0 Å². The molecule has 0 bridgehead atoms. The van der Waals surface area contributed by atoms with Gasteiger partial charge in [-0.1, -0.05) is 0 Å². The molecule has 1 heterocycles. The third-order valence-corrected chi connectivity index (χ3v) is 1.95. The van der Waals surface area contributed by atoms with E-state index in [4.69, 9.17) is 5.73 Å². The first-order valence-electron chi connectivity index (χ1n) is 4.99. The van der Waals surface area contributed by atoms with Crippen LogP contribution in [0.2, 0.25) is 0 Å². The lowest BCUT2D eigenvalue weighted by molar-refractivity contribution is 0.0874. The zero-order valence-electron chi connectivity index (χ0n) is 9.44. The molecule has 1 rings (SSSR count). The van der Waals surface area contributed by atoms with Crippen molar-refractivity contribution >= 4 is 11.6 Å². The summed E-state index contributed by atoms with van der Waals surface area (Å²) in [6, 6.07) is 3.51. The van der Waals surface area contributed by atoms with Gasteiger partial charge in [0, 0.05) is 13.1 Å². The second-order valence-electron chi connectivity index (χ2n) is 4.14. The van der Waals surface area contributed by atoms with Crippen LogP contribution in [0.15, 0.2) is 12.1 Å². The van der Waals surface area contributed by atoms with Crippen LogP contribution in [0.1, 0.15) is 20.8 Å². The second-order valence-corrected chi connectivity index (χ2v) is 4.14. The van der Waals surface area contributed by atoms with Crippen molar-refractivity contribution in [1.82, 2.24) is 10.2 Å². The number of nitrogens with two attached hydrogens (primary N) is 1. The maximum Gasteiger partial charge on any atom is 0.151 e. The number of rotatable bonds is 4. The van der Waals surface area contributed by atoms with E-state index in [1.54, 1.807) is 26.0 Å². The smallest absolute Gasteiger partial charge is 0.151 e. The zero-order chi connectivity index (χ0) is 11.5. The minimum Gasteiger partial charge on any atom is -0.389 e. The molecule has 5 heteroatoms. The van der Waals surface area contributed by atoms with Crippen LogP contribution in [0.3, 0.4) is 0 Å². The van der Waals surface area contributed by atoms with E-state index in [-0.39, 0.29) is 0 Å². The van der Waals surface area contributed by atoms with Crippen LogP contribution in [-0.4, -0.2) is 34.0 Å². The van der Waals surface area contributed by atoms with Crippen molar-refractivity contribution in [1.29, 1.82) is 0 Å². The van der Waals surface area contributed by atoms with Gasteiger partial charge in [-0.3, -0.25) is 0 Å². The molecule has 0 unspecified atom stereocenters. The molecule has 0 aliphatic heterocycles. The fraction of sp³-hybridized carbons (Fsp3) is 0.600. The summed E-state index contributed by atoms with van der Waals surface area (Å²) < 4.78 is 0. The first kappa shape index (κ1) is 11.7. The van der Waals surface area contributed by atoms with Gasteiger partial charge in [0.1, 0.15) is 5.82 Å². The molecule has 0 radical (unpaired) electrons. The van der Waals surface area contributed by atoms with Crippen molar-refractivity contribution in [2.24, 2.45) is 0 Å². The molecule has 15 heavy (non-hydrogen) atoms. The third-order valence-electron chi connectivity index (χ3n) is 1.95. The molecule has 0 spiro atoms. The average Bonchev–Trinajstić information content (AvgIpc) is 2.14. The lowest BCUT2D eigenvalue weighted by atomic mass is 10.1. The zero-order valence-corrected chi connectivity index (χ0v) is 9.44. The minimum absolute atomic E-state index is 0.401. The number of anilines is 2. The highest BCUT2D eigenvalue weighted by Gasteiger charge is 2.18. The van der Waals surface area contributed by atoms with Crippen LogP contribution in [-0.2, 0) is 0 Å². The molecular formula is C10H18N4O. The summed E-state index contributed by atoms with van der Waals surface area (Å²) in [5, 5.41) is 17.5. The molecule has 3 N–H and O–H groups in total. The molecule has 0 aromatic carbocycles. The van der Waals surface area contributed by atoms with Crippen LogP contribution in [0.4, 0.5) is 11.6 Å². The monoisotopic (exact) mass is 210 g/mol. The molecule has 0 saturated carbocycles. The van der Waals surface area contributed by atoms with Crippen molar-refractivity contribution in [3.63, 3.8) is 0 Å². The predicted molar refractivity (Wildman–Crippen MR) is 60.6 cm³/mol. The van der Waals surface area contributed by atoms with Gasteiger partial charge in [-0.15, -0.1) is 10.2 Å². The van der Waals surface area contributed by atoms with E-state index in [9.17, 15) is 5.11 Å². The molecule has 0 fully saturated rings. The third kappa shape index (κ3) is 3.71. The van der Waals surface area contributed by atoms with Crippen LogP contribution >= 0.6 is 0 Å². The van der Waals surface area contributed by atoms with Gasteiger partial charge in [0.15, 0.2) is 5.82 Å². The summed E-state index contributed by atoms with van der Waals surface area (Å²) in [6.45, 7) is 6.81. The van der Waals surface area contributed by atoms with E-state index >= 15 is 0 Å². The van der Waals surface area contributed by atoms with E-state index in [1.165, 1.54) is 0 Å². The van der Waals surface area contributed by atoms with Crippen LogP contribution in [0.25, 0.3) is 0 Å². The highest BCUT2D eigenvalue weighted by molar-refractivity contribution is 5.41. The lowest BCUT2D eigenvalue weighted by Gasteiger charge is -2.28. The standard InChI is InChI=1S/C10H18N4O/c1-4-14(7-10(2,3)15)9-6-5-8(11)12-13-9/h5-6,15H,4,7H2,1-3H3,(H2,11,12). The second kappa shape index (κ2) is 4.44. The molecule has 0 saturated heterocycles. The Hall–Kier alpha value is -1.36. The molecular weight excluding hydrogens is 192 g/mol. The largest absolute Gasteiger partial charge is 0.389 e. The summed E-state index contributed by atoms with van der Waals surface area (Å²) in [5.74, 6) is 1.13. The van der Waals surface area contributed by atoms with E-state index in [2.05, 4.69) is 10.2 Å². The Balaban J connectivity index is 2.79. The van der Waals surface area contributed by atoms with Gasteiger partial charge in [0.05, 0.1) is 5.60 Å². The van der Waals surface area contributed by atoms with Crippen LogP contribution < -0.4 is 10.6 Å². The maximum absolute atomic E-state index is 9.72. The van der Waals surface area contributed by atoms with Crippen molar-refractivity contribution in [3.8, 4) is 0 Å². The number of hydrogen-bond donors (Lipinski definition) is 2. The SMILES string of the molecule is CCN(CC(C)(C)O)c1ccc(N)nn1. The molecule has 5 nitrogen and oxygen atoms in total. The fourth-order valence-corrected chi connectivity index (χ4v) is 1.33. The van der Waals surface area contributed by atoms with Crippen molar-refractivity contribution in [2.45, 2.75) is 26.4 Å². The summed E-state index contributed by atoms with van der Waals surface area (Å²) in [6.07, 6.45) is 0. The lowest BCUT2D eigenvalue weighted by Crippen LogP contribution is -2.39. The molecule has 1 aromatic rings. The molecule has 0 atom stereocenters. The first-order chi connectivity index (χ1) is 6.92. The number of nitrogen functional groups attached to an aromatic ring is 1. The Kier molecular flexibility index (Phi) is 3.47. The Morgan fingerprint density at radius 3 is 2.47 bits per heavy atom. The summed E-state index contributed by atoms with van der Waals surface area (Å²) in [5.41, 5.74) is 4.70. The Morgan fingerprint density at radius 2 is 2.07 bits per heavy atom. The summed E-state index contributed by atoms with van der Waals surface area (Å²) in [7, 11) is 0. The van der Waals surface area contributed by atoms with Gasteiger partial charge in [0.2, 0.25) is 0 Å². The molecule has 0 aliphatic rings. The number of aromatic nitrogens is 2. The Labute approximate surface area is 89.9 Å². The number of aliphatic hydroxyl groups is 1. The van der Waals surface area contributed by atoms with Gasteiger partial charge >= 0.3 is 0 Å². The van der Waals surface area contributed by atoms with Crippen LogP contribution in [0, 0.1) is 0 Å². The van der Waals surface area contributed by atoms with Crippen molar-refractivity contribution < 1.29 is 5.11 Å². The summed E-state index contributed by atoms with van der Waals surface area (Å²) >= 11 is 0. The van der Waals surface area contributed by atoms with E-state index in [0.717, 1.165) is 12.4 Å². The summed E-state index contributed by atoms with van der Waals surface area (Å²) in [4.78, 5) is 1.95. The molecule has 84 valence electrons. The highest BCUT2D eigenvalue weighted by Crippen LogP contribution is 2.13. The molecule has 1 aromatic heterocycles. The van der Waals surface area contributed by atoms with E-state index in [0.29, 0.717) is 12.4 Å². The fourth-order valence-electron chi connectivity index (χ4n) is 1.33. The Bertz CT molecular complexity index is 304. The topological polar surface area (TPSA) is 75.3 Å². The van der Waals surface area contributed by atoms with E-state index in [1.807, 2.05) is 11.8 Å². The van der Waals surface area contributed by atoms with E-state index < -0.39 is 5.60 Å². The first-order valence-corrected chi connectivity index (χ1v) is 4.99. The van der Waals surface area contributed by atoms with Gasteiger partial charge in [-0.05, 0) is 32.9 Å². The number of nitrogens with zero attached hydrogens (tertiary/aromatic N) is 3. The quantitative estimate of drug-likeness (QED) is 0.763. The minimum atomic E-state index is -0.751. The van der Waals surface area contributed by atoms with Crippen molar-refractivity contribution in [2.75, 3.05) is 23.7 Å².